The molecule has 4 aromatic heterocycles. The van der Waals surface area contributed by atoms with Gasteiger partial charge in [-0.1, -0.05) is 158 Å². The van der Waals surface area contributed by atoms with Crippen molar-refractivity contribution in [3.05, 3.63) is 218 Å². The van der Waals surface area contributed by atoms with E-state index >= 15 is 0 Å². The van der Waals surface area contributed by atoms with Gasteiger partial charge in [0.25, 0.3) is 0 Å². The fraction of sp³-hybridized carbons (Fsp3) is 0. The third kappa shape index (κ3) is 5.11. The molecule has 298 valence electrons. The largest absolute Gasteiger partial charge is 0.455 e. The van der Waals surface area contributed by atoms with Crippen LogP contribution >= 0.6 is 0 Å². The first kappa shape index (κ1) is 35.0. The van der Waals surface area contributed by atoms with E-state index in [9.17, 15) is 0 Å². The van der Waals surface area contributed by atoms with E-state index in [1.807, 2.05) is 24.3 Å². The summed E-state index contributed by atoms with van der Waals surface area (Å²) < 4.78 is 15.3. The summed E-state index contributed by atoms with van der Waals surface area (Å²) in [7, 11) is 0. The molecule has 0 aliphatic heterocycles. The minimum atomic E-state index is 0.900. The summed E-state index contributed by atoms with van der Waals surface area (Å²) in [5, 5.41) is 9.67. The Morgan fingerprint density at radius 1 is 0.297 bits per heavy atom. The van der Waals surface area contributed by atoms with Gasteiger partial charge in [0.05, 0.1) is 16.6 Å². The Labute approximate surface area is 367 Å². The molecule has 0 saturated carbocycles. The molecule has 0 amide bonds. The van der Waals surface area contributed by atoms with E-state index in [4.69, 9.17) is 8.83 Å². The van der Waals surface area contributed by atoms with Gasteiger partial charge in [-0.2, -0.15) is 0 Å². The number of rotatable bonds is 6. The van der Waals surface area contributed by atoms with Gasteiger partial charge in [0.2, 0.25) is 0 Å². The lowest BCUT2D eigenvalue weighted by atomic mass is 10.0. The highest BCUT2D eigenvalue weighted by molar-refractivity contribution is 6.23. The predicted octanol–water partition coefficient (Wildman–Crippen LogP) is 17.1. The van der Waals surface area contributed by atoms with Crippen LogP contribution in [0.15, 0.2) is 227 Å². The van der Waals surface area contributed by atoms with Crippen LogP contribution < -0.4 is 4.90 Å². The van der Waals surface area contributed by atoms with Crippen molar-refractivity contribution in [3.63, 3.8) is 0 Å². The molecule has 0 spiro atoms. The van der Waals surface area contributed by atoms with Crippen LogP contribution in [0.3, 0.4) is 0 Å². The van der Waals surface area contributed by atoms with E-state index in [0.29, 0.717) is 0 Å². The monoisotopic (exact) mass is 816 g/mol. The molecule has 64 heavy (non-hydrogen) atoms. The molecule has 14 rings (SSSR count). The van der Waals surface area contributed by atoms with E-state index in [2.05, 4.69) is 203 Å². The van der Waals surface area contributed by atoms with Gasteiger partial charge in [-0.3, -0.25) is 0 Å². The first-order valence-electron chi connectivity index (χ1n) is 21.8. The number of aromatic nitrogens is 1. The first-order chi connectivity index (χ1) is 31.7. The summed E-state index contributed by atoms with van der Waals surface area (Å²) in [6.45, 7) is 0. The van der Waals surface area contributed by atoms with Gasteiger partial charge in [0.1, 0.15) is 22.3 Å². The molecule has 0 atom stereocenters. The second kappa shape index (κ2) is 13.4. The summed E-state index contributed by atoms with van der Waals surface area (Å²) in [5.74, 6) is 0. The number of benzene rings is 10. The van der Waals surface area contributed by atoms with Crippen molar-refractivity contribution in [2.24, 2.45) is 0 Å². The number of fused-ring (bicyclic) bond motifs is 12. The first-order valence-corrected chi connectivity index (χ1v) is 21.8. The van der Waals surface area contributed by atoms with Crippen LogP contribution in [0.2, 0.25) is 0 Å². The smallest absolute Gasteiger partial charge is 0.143 e. The van der Waals surface area contributed by atoms with Crippen molar-refractivity contribution < 1.29 is 8.83 Å². The Kier molecular flexibility index (Phi) is 7.36. The summed E-state index contributed by atoms with van der Waals surface area (Å²) in [6.07, 6.45) is 0. The number of anilines is 3. The van der Waals surface area contributed by atoms with E-state index in [1.165, 1.54) is 49.2 Å². The van der Waals surface area contributed by atoms with E-state index in [1.54, 1.807) is 0 Å². The molecule has 0 aliphatic rings. The highest BCUT2D eigenvalue weighted by atomic mass is 16.3. The van der Waals surface area contributed by atoms with Gasteiger partial charge in [-0.05, 0) is 82.9 Å². The average molecular weight is 817 g/mol. The minimum absolute atomic E-state index is 0.900. The molecule has 0 radical (unpaired) electrons. The highest BCUT2D eigenvalue weighted by Gasteiger charge is 2.20. The fourth-order valence-corrected chi connectivity index (χ4v) is 10.4. The number of nitrogens with zero attached hydrogens (tertiary/aromatic N) is 2. The van der Waals surface area contributed by atoms with Crippen LogP contribution in [0.1, 0.15) is 0 Å². The van der Waals surface area contributed by atoms with Crippen molar-refractivity contribution >= 4 is 99.0 Å². The Balaban J connectivity index is 0.874. The lowest BCUT2D eigenvalue weighted by molar-refractivity contribution is 0.669. The van der Waals surface area contributed by atoms with Crippen molar-refractivity contribution in [2.75, 3.05) is 4.90 Å². The molecule has 0 fully saturated rings. The summed E-state index contributed by atoms with van der Waals surface area (Å²) in [5.41, 5.74) is 17.3. The standard InChI is InChI=1S/C60H36N2O2/c1-4-19-54-46(10-1)50-15-9-16-51-47-35-28-40(36-55(47)62(54)58(50)51)37-22-29-41(30-23-37)61(42-31-24-38(25-32-42)44-13-7-17-52-48-11-2-5-20-56(48)63-59(44)52)43-33-26-39(27-34-43)45-14-8-18-53-49-12-3-6-21-57(49)64-60(45)53/h1-36H. The van der Waals surface area contributed by atoms with Crippen LogP contribution in [-0.4, -0.2) is 4.40 Å². The van der Waals surface area contributed by atoms with Crippen molar-refractivity contribution in [1.29, 1.82) is 0 Å². The molecule has 0 saturated heterocycles. The summed E-state index contributed by atoms with van der Waals surface area (Å²) in [6, 6.07) is 78.4. The third-order valence-corrected chi connectivity index (χ3v) is 13.4. The molecule has 0 N–H and O–H groups in total. The number of hydrogen-bond donors (Lipinski definition) is 0. The van der Waals surface area contributed by atoms with Crippen LogP contribution in [0, 0.1) is 0 Å². The maximum absolute atomic E-state index is 6.44. The van der Waals surface area contributed by atoms with Gasteiger partial charge in [0.15, 0.2) is 0 Å². The Bertz CT molecular complexity index is 3960. The Morgan fingerprint density at radius 3 is 1.28 bits per heavy atom. The molecular weight excluding hydrogens is 781 g/mol. The lowest BCUT2D eigenvalue weighted by Crippen LogP contribution is -2.09. The normalized spacial score (nSPS) is 12.1. The zero-order valence-corrected chi connectivity index (χ0v) is 34.5. The number of hydrogen-bond acceptors (Lipinski definition) is 3. The van der Waals surface area contributed by atoms with Gasteiger partial charge in [0, 0.05) is 71.3 Å². The van der Waals surface area contributed by atoms with Crippen LogP contribution in [0.5, 0.6) is 0 Å². The maximum Gasteiger partial charge on any atom is 0.143 e. The highest BCUT2D eigenvalue weighted by Crippen LogP contribution is 2.43. The molecular formula is C60H36N2O2. The summed E-state index contributed by atoms with van der Waals surface area (Å²) in [4.78, 5) is 2.34. The number of para-hydroxylation sites is 6. The molecule has 4 nitrogen and oxygen atoms in total. The van der Waals surface area contributed by atoms with E-state index in [0.717, 1.165) is 83.2 Å². The molecule has 0 bridgehead atoms. The molecule has 10 aromatic carbocycles. The quantitative estimate of drug-likeness (QED) is 0.168. The van der Waals surface area contributed by atoms with Gasteiger partial charge >= 0.3 is 0 Å². The average Bonchev–Trinajstić information content (AvgIpc) is 4.12. The summed E-state index contributed by atoms with van der Waals surface area (Å²) >= 11 is 0. The Morgan fingerprint density at radius 2 is 0.719 bits per heavy atom. The van der Waals surface area contributed by atoms with Crippen LogP contribution in [-0.2, 0) is 0 Å². The maximum atomic E-state index is 6.44. The van der Waals surface area contributed by atoms with Crippen LogP contribution in [0.4, 0.5) is 17.1 Å². The topological polar surface area (TPSA) is 33.9 Å². The SMILES string of the molecule is c1ccc2c(c1)oc1c(-c3ccc(N(c4ccc(-c5ccc6c7cccc8c9ccccc9n(c6c5)c87)cc4)c4ccc(-c5cccc6c5oc5ccccc56)cc4)cc3)cccc12. The van der Waals surface area contributed by atoms with Crippen molar-refractivity contribution in [3.8, 4) is 33.4 Å². The van der Waals surface area contributed by atoms with Crippen LogP contribution in [0.25, 0.3) is 115 Å². The Hall–Kier alpha value is -8.60. The molecule has 4 heterocycles. The second-order valence-corrected chi connectivity index (χ2v) is 16.8. The molecule has 14 aromatic rings. The van der Waals surface area contributed by atoms with E-state index in [-0.39, 0.29) is 0 Å². The number of furan rings is 2. The zero-order chi connectivity index (χ0) is 41.9. The molecule has 0 aliphatic carbocycles. The van der Waals surface area contributed by atoms with Gasteiger partial charge in [-0.25, -0.2) is 0 Å². The minimum Gasteiger partial charge on any atom is -0.455 e. The van der Waals surface area contributed by atoms with Gasteiger partial charge in [-0.15, -0.1) is 0 Å². The molecule has 0 unspecified atom stereocenters. The zero-order valence-electron chi connectivity index (χ0n) is 34.5. The van der Waals surface area contributed by atoms with E-state index < -0.39 is 0 Å². The van der Waals surface area contributed by atoms with Crippen molar-refractivity contribution in [2.45, 2.75) is 0 Å². The lowest BCUT2D eigenvalue weighted by Gasteiger charge is -2.26. The third-order valence-electron chi connectivity index (χ3n) is 13.4. The van der Waals surface area contributed by atoms with Crippen molar-refractivity contribution in [1.82, 2.24) is 4.40 Å². The second-order valence-electron chi connectivity index (χ2n) is 16.8. The predicted molar refractivity (Wildman–Crippen MR) is 267 cm³/mol. The van der Waals surface area contributed by atoms with Gasteiger partial charge < -0.3 is 18.1 Å². The fourth-order valence-electron chi connectivity index (χ4n) is 10.4. The molecule has 4 heteroatoms.